The van der Waals surface area contributed by atoms with Crippen molar-refractivity contribution in [3.63, 3.8) is 0 Å². The van der Waals surface area contributed by atoms with Crippen LogP contribution in [0.15, 0.2) is 65.8 Å². The maximum atomic E-state index is 13.3. The van der Waals surface area contributed by atoms with Gasteiger partial charge in [0.15, 0.2) is 0 Å². The number of nitrogens with zero attached hydrogens (tertiary/aromatic N) is 1. The largest absolute Gasteiger partial charge is 0.444 e. The van der Waals surface area contributed by atoms with Crippen molar-refractivity contribution in [1.29, 1.82) is 0 Å². The number of hydrogen-bond acceptors (Lipinski definition) is 6. The van der Waals surface area contributed by atoms with Crippen LogP contribution in [0.2, 0.25) is 0 Å². The molecule has 2 rings (SSSR count). The topological polar surface area (TPSA) is 118 Å². The van der Waals surface area contributed by atoms with Gasteiger partial charge in [-0.15, -0.1) is 0 Å². The van der Waals surface area contributed by atoms with E-state index in [0.717, 1.165) is 11.1 Å². The predicted molar refractivity (Wildman–Crippen MR) is 138 cm³/mol. The zero-order chi connectivity index (χ0) is 26.6. The first-order chi connectivity index (χ1) is 17.0. The minimum absolute atomic E-state index is 0.0881. The zero-order valence-corrected chi connectivity index (χ0v) is 21.5. The van der Waals surface area contributed by atoms with Crippen LogP contribution in [0.1, 0.15) is 45.7 Å². The zero-order valence-electron chi connectivity index (χ0n) is 21.5. The van der Waals surface area contributed by atoms with Crippen LogP contribution in [0.25, 0.3) is 0 Å². The van der Waals surface area contributed by atoms with E-state index < -0.39 is 35.6 Å². The van der Waals surface area contributed by atoms with Gasteiger partial charge in [0.25, 0.3) is 5.91 Å². The van der Waals surface area contributed by atoms with E-state index >= 15 is 0 Å². The van der Waals surface area contributed by atoms with Crippen LogP contribution in [0, 0.1) is 0 Å². The van der Waals surface area contributed by atoms with Gasteiger partial charge in [0.05, 0.1) is 13.2 Å². The normalized spacial score (nSPS) is 12.6. The molecule has 3 N–H and O–H groups in total. The summed E-state index contributed by atoms with van der Waals surface area (Å²) in [5.41, 5.74) is 4.11. The number of nitrogens with one attached hydrogen (secondary N) is 3. The molecule has 9 nitrogen and oxygen atoms in total. The third-order valence-electron chi connectivity index (χ3n) is 4.71. The van der Waals surface area contributed by atoms with Gasteiger partial charge in [0.1, 0.15) is 17.7 Å². The lowest BCUT2D eigenvalue weighted by Gasteiger charge is -2.25. The van der Waals surface area contributed by atoms with E-state index in [4.69, 9.17) is 9.47 Å². The molecule has 0 aliphatic rings. The third-order valence-corrected chi connectivity index (χ3v) is 4.71. The molecule has 0 bridgehead atoms. The Balaban J connectivity index is 2.15. The second-order valence-corrected chi connectivity index (χ2v) is 9.49. The number of benzene rings is 2. The van der Waals surface area contributed by atoms with Crippen LogP contribution >= 0.6 is 0 Å². The Hall–Kier alpha value is -3.72. The summed E-state index contributed by atoms with van der Waals surface area (Å²) in [6, 6.07) is 16.7. The third kappa shape index (κ3) is 11.1. The molecule has 9 heteroatoms. The van der Waals surface area contributed by atoms with E-state index in [1.165, 1.54) is 0 Å². The van der Waals surface area contributed by atoms with Crippen LogP contribution in [0.5, 0.6) is 0 Å². The predicted octanol–water partition coefficient (Wildman–Crippen LogP) is 3.34. The number of ether oxygens (including phenoxy) is 2. The molecule has 0 unspecified atom stereocenters. The van der Waals surface area contributed by atoms with E-state index in [0.29, 0.717) is 5.71 Å². The average Bonchev–Trinajstić information content (AvgIpc) is 2.81. The molecule has 0 saturated carbocycles. The smallest absolute Gasteiger partial charge is 0.408 e. The Bertz CT molecular complexity index is 1020. The van der Waals surface area contributed by atoms with Crippen molar-refractivity contribution in [3.05, 3.63) is 71.8 Å². The number of hydrogen-bond donors (Lipinski definition) is 3. The van der Waals surface area contributed by atoms with Gasteiger partial charge in [-0.1, -0.05) is 60.7 Å². The van der Waals surface area contributed by atoms with Gasteiger partial charge < -0.3 is 20.1 Å². The summed E-state index contributed by atoms with van der Waals surface area (Å²) in [6.45, 7) is 8.86. The quantitative estimate of drug-likeness (QED) is 0.326. The van der Waals surface area contributed by atoms with Gasteiger partial charge in [-0.25, -0.2) is 10.2 Å². The van der Waals surface area contributed by atoms with Crippen molar-refractivity contribution in [2.75, 3.05) is 6.61 Å². The lowest BCUT2D eigenvalue weighted by Crippen LogP contribution is -2.55. The van der Waals surface area contributed by atoms with Gasteiger partial charge >= 0.3 is 6.09 Å². The summed E-state index contributed by atoms with van der Waals surface area (Å²) >= 11 is 0. The summed E-state index contributed by atoms with van der Waals surface area (Å²) in [5, 5.41) is 9.27. The fourth-order valence-electron chi connectivity index (χ4n) is 3.08. The number of carbonyl (C=O) groups excluding carboxylic acids is 3. The molecule has 2 atom stereocenters. The molecule has 0 spiro atoms. The Morgan fingerprint density at radius 2 is 1.42 bits per heavy atom. The fraction of sp³-hybridized carbons (Fsp3) is 0.407. The van der Waals surface area contributed by atoms with Crippen molar-refractivity contribution in [1.82, 2.24) is 16.1 Å². The SMILES string of the molecule is CC(C)=NNC(=O)[C@H](COCc1ccccc1)NC(=O)[C@H](Cc1ccccc1)NC(=O)OC(C)(C)C. The average molecular weight is 497 g/mol. The van der Waals surface area contributed by atoms with Crippen molar-refractivity contribution in [2.24, 2.45) is 5.10 Å². The molecule has 194 valence electrons. The lowest BCUT2D eigenvalue weighted by molar-refractivity contribution is -0.131. The van der Waals surface area contributed by atoms with Gasteiger partial charge in [-0.2, -0.15) is 5.10 Å². The molecule has 0 aromatic heterocycles. The number of alkyl carbamates (subject to hydrolysis) is 1. The number of amides is 3. The van der Waals surface area contributed by atoms with Crippen LogP contribution in [0.4, 0.5) is 4.79 Å². The molecule has 0 saturated heterocycles. The highest BCUT2D eigenvalue weighted by Crippen LogP contribution is 2.09. The standard InChI is InChI=1S/C27H36N4O5/c1-19(2)30-31-25(33)23(18-35-17-21-14-10-7-11-15-21)28-24(32)22(16-20-12-8-6-9-13-20)29-26(34)36-27(3,4)5/h6-15,22-23H,16-18H2,1-5H3,(H,28,32)(H,29,34)(H,31,33)/t22-,23-/m0/s1. The number of rotatable bonds is 11. The number of carbonyl (C=O) groups is 3. The molecule has 3 amide bonds. The van der Waals surface area contributed by atoms with Gasteiger partial charge in [-0.05, 0) is 45.7 Å². The van der Waals surface area contributed by atoms with Crippen molar-refractivity contribution >= 4 is 23.6 Å². The molecule has 2 aromatic carbocycles. The monoisotopic (exact) mass is 496 g/mol. The maximum Gasteiger partial charge on any atom is 0.408 e. The highest BCUT2D eigenvalue weighted by Gasteiger charge is 2.29. The Morgan fingerprint density at radius 1 is 0.833 bits per heavy atom. The molecule has 0 heterocycles. The first kappa shape index (κ1) is 28.5. The maximum absolute atomic E-state index is 13.3. The lowest BCUT2D eigenvalue weighted by atomic mass is 10.0. The second-order valence-electron chi connectivity index (χ2n) is 9.49. The first-order valence-corrected chi connectivity index (χ1v) is 11.8. The Labute approximate surface area is 212 Å². The highest BCUT2D eigenvalue weighted by molar-refractivity contribution is 5.92. The molecule has 0 aliphatic carbocycles. The Morgan fingerprint density at radius 3 is 1.97 bits per heavy atom. The number of hydrazone groups is 1. The minimum Gasteiger partial charge on any atom is -0.444 e. The summed E-state index contributed by atoms with van der Waals surface area (Å²) in [6.07, 6.45) is -0.525. The summed E-state index contributed by atoms with van der Waals surface area (Å²) in [5.74, 6) is -1.08. The van der Waals surface area contributed by atoms with E-state index in [1.54, 1.807) is 34.6 Å². The van der Waals surface area contributed by atoms with Crippen LogP contribution in [-0.2, 0) is 32.1 Å². The van der Waals surface area contributed by atoms with Crippen molar-refractivity contribution in [2.45, 2.75) is 65.3 Å². The molecule has 36 heavy (non-hydrogen) atoms. The van der Waals surface area contributed by atoms with Crippen LogP contribution < -0.4 is 16.1 Å². The van der Waals surface area contributed by atoms with Crippen molar-refractivity contribution < 1.29 is 23.9 Å². The van der Waals surface area contributed by atoms with E-state index in [9.17, 15) is 14.4 Å². The summed E-state index contributed by atoms with van der Waals surface area (Å²) in [7, 11) is 0. The second kappa shape index (κ2) is 14.0. The van der Waals surface area contributed by atoms with Crippen LogP contribution in [0.3, 0.4) is 0 Å². The first-order valence-electron chi connectivity index (χ1n) is 11.8. The molecule has 2 aromatic rings. The molecule has 0 aliphatic heterocycles. The van der Waals surface area contributed by atoms with Crippen molar-refractivity contribution in [3.8, 4) is 0 Å². The van der Waals surface area contributed by atoms with E-state index in [1.807, 2.05) is 60.7 Å². The summed E-state index contributed by atoms with van der Waals surface area (Å²) < 4.78 is 11.1. The minimum atomic E-state index is -1.04. The summed E-state index contributed by atoms with van der Waals surface area (Å²) in [4.78, 5) is 38.5. The molecular weight excluding hydrogens is 460 g/mol. The highest BCUT2D eigenvalue weighted by atomic mass is 16.6. The van der Waals surface area contributed by atoms with Gasteiger partial charge in [0.2, 0.25) is 5.91 Å². The molecule has 0 fully saturated rings. The van der Waals surface area contributed by atoms with Crippen LogP contribution in [-0.4, -0.2) is 47.9 Å². The van der Waals surface area contributed by atoms with E-state index in [2.05, 4.69) is 21.2 Å². The fourth-order valence-corrected chi connectivity index (χ4v) is 3.08. The van der Waals surface area contributed by atoms with E-state index in [-0.39, 0.29) is 19.6 Å². The molecule has 0 radical (unpaired) electrons. The van der Waals surface area contributed by atoms with Gasteiger partial charge in [0, 0.05) is 12.1 Å². The molecular formula is C27H36N4O5. The van der Waals surface area contributed by atoms with Gasteiger partial charge in [-0.3, -0.25) is 9.59 Å². The Kier molecular flexibility index (Phi) is 11.1.